The van der Waals surface area contributed by atoms with Crippen LogP contribution in [0.4, 0.5) is 4.39 Å². The Morgan fingerprint density at radius 3 is 2.48 bits per heavy atom. The van der Waals surface area contributed by atoms with Crippen LogP contribution in [-0.2, 0) is 0 Å². The lowest BCUT2D eigenvalue weighted by Crippen LogP contribution is -2.12. The van der Waals surface area contributed by atoms with Gasteiger partial charge in [-0.05, 0) is 48.0 Å². The molecule has 1 nitrogen and oxygen atoms in total. The number of hydrogen-bond acceptors (Lipinski definition) is 1. The SMILES string of the molecule is CNC(C)c1ccc(F)c(-c2cccc3ccccc23)c1. The second kappa shape index (κ2) is 5.66. The van der Waals surface area contributed by atoms with Crippen LogP contribution in [0, 0.1) is 5.82 Å². The summed E-state index contributed by atoms with van der Waals surface area (Å²) in [7, 11) is 1.91. The topological polar surface area (TPSA) is 12.0 Å². The van der Waals surface area contributed by atoms with Crippen molar-refractivity contribution in [3.63, 3.8) is 0 Å². The van der Waals surface area contributed by atoms with E-state index in [2.05, 4.69) is 24.4 Å². The molecule has 0 fully saturated rings. The minimum atomic E-state index is -0.182. The first kappa shape index (κ1) is 13.8. The molecule has 0 aliphatic carbocycles. The minimum Gasteiger partial charge on any atom is -0.313 e. The molecular weight excluding hydrogens is 261 g/mol. The van der Waals surface area contributed by atoms with Crippen molar-refractivity contribution in [3.8, 4) is 11.1 Å². The van der Waals surface area contributed by atoms with Gasteiger partial charge < -0.3 is 5.32 Å². The Morgan fingerprint density at radius 2 is 1.67 bits per heavy atom. The van der Waals surface area contributed by atoms with Crippen LogP contribution in [0.5, 0.6) is 0 Å². The van der Waals surface area contributed by atoms with E-state index >= 15 is 0 Å². The van der Waals surface area contributed by atoms with Gasteiger partial charge in [0.25, 0.3) is 0 Å². The molecule has 0 saturated carbocycles. The molecule has 0 aliphatic heterocycles. The van der Waals surface area contributed by atoms with Gasteiger partial charge in [-0.3, -0.25) is 0 Å². The summed E-state index contributed by atoms with van der Waals surface area (Å²) >= 11 is 0. The Bertz CT molecular complexity index is 774. The molecule has 3 rings (SSSR count). The predicted octanol–water partition coefficient (Wildman–Crippen LogP) is 4.93. The van der Waals surface area contributed by atoms with Crippen molar-refractivity contribution in [1.29, 1.82) is 0 Å². The number of hydrogen-bond donors (Lipinski definition) is 1. The van der Waals surface area contributed by atoms with Crippen molar-refractivity contribution in [2.75, 3.05) is 7.05 Å². The number of halogens is 1. The van der Waals surface area contributed by atoms with Gasteiger partial charge in [-0.2, -0.15) is 0 Å². The van der Waals surface area contributed by atoms with Crippen molar-refractivity contribution < 1.29 is 4.39 Å². The maximum Gasteiger partial charge on any atom is 0.131 e. The van der Waals surface area contributed by atoms with Gasteiger partial charge in [0.1, 0.15) is 5.82 Å². The fraction of sp³-hybridized carbons (Fsp3) is 0.158. The number of fused-ring (bicyclic) bond motifs is 1. The first-order chi connectivity index (χ1) is 10.2. The molecular formula is C19H18FN. The highest BCUT2D eigenvalue weighted by Crippen LogP contribution is 2.32. The summed E-state index contributed by atoms with van der Waals surface area (Å²) in [6.07, 6.45) is 0. The molecule has 0 aliphatic rings. The first-order valence-corrected chi connectivity index (χ1v) is 7.15. The van der Waals surface area contributed by atoms with Crippen LogP contribution in [0.1, 0.15) is 18.5 Å². The van der Waals surface area contributed by atoms with Crippen molar-refractivity contribution in [2.24, 2.45) is 0 Å². The van der Waals surface area contributed by atoms with E-state index in [1.807, 2.05) is 49.5 Å². The summed E-state index contributed by atoms with van der Waals surface area (Å²) < 4.78 is 14.3. The molecule has 1 unspecified atom stereocenters. The first-order valence-electron chi connectivity index (χ1n) is 7.15. The van der Waals surface area contributed by atoms with Crippen molar-refractivity contribution in [3.05, 3.63) is 72.0 Å². The van der Waals surface area contributed by atoms with E-state index in [-0.39, 0.29) is 11.9 Å². The van der Waals surface area contributed by atoms with Gasteiger partial charge >= 0.3 is 0 Å². The molecule has 0 aromatic heterocycles. The quantitative estimate of drug-likeness (QED) is 0.717. The molecule has 3 aromatic rings. The van der Waals surface area contributed by atoms with Crippen LogP contribution in [0.25, 0.3) is 21.9 Å². The zero-order valence-electron chi connectivity index (χ0n) is 12.2. The Labute approximate surface area is 124 Å². The molecule has 0 amide bonds. The number of nitrogens with one attached hydrogen (secondary N) is 1. The van der Waals surface area contributed by atoms with Gasteiger partial charge in [-0.15, -0.1) is 0 Å². The molecule has 0 bridgehead atoms. The molecule has 106 valence electrons. The number of rotatable bonds is 3. The highest BCUT2D eigenvalue weighted by Gasteiger charge is 2.11. The summed E-state index contributed by atoms with van der Waals surface area (Å²) in [5, 5.41) is 5.40. The number of benzene rings is 3. The lowest BCUT2D eigenvalue weighted by Gasteiger charge is -2.14. The van der Waals surface area contributed by atoms with Gasteiger partial charge in [-0.1, -0.05) is 48.5 Å². The zero-order valence-corrected chi connectivity index (χ0v) is 12.2. The largest absolute Gasteiger partial charge is 0.313 e. The summed E-state index contributed by atoms with van der Waals surface area (Å²) in [5.41, 5.74) is 2.68. The maximum absolute atomic E-state index is 14.3. The predicted molar refractivity (Wildman–Crippen MR) is 86.8 cm³/mol. The second-order valence-corrected chi connectivity index (χ2v) is 5.28. The summed E-state index contributed by atoms with van der Waals surface area (Å²) in [6, 6.07) is 19.6. The molecule has 21 heavy (non-hydrogen) atoms. The summed E-state index contributed by atoms with van der Waals surface area (Å²) in [5.74, 6) is -0.182. The van der Waals surface area contributed by atoms with Crippen LogP contribution >= 0.6 is 0 Å². The van der Waals surface area contributed by atoms with Crippen molar-refractivity contribution in [1.82, 2.24) is 5.32 Å². The van der Waals surface area contributed by atoms with Gasteiger partial charge in [-0.25, -0.2) is 4.39 Å². The van der Waals surface area contributed by atoms with Gasteiger partial charge in [0, 0.05) is 11.6 Å². The molecule has 1 atom stereocenters. The standard InChI is InChI=1S/C19H18FN/c1-13(21-2)15-10-11-19(20)18(12-15)17-9-5-7-14-6-3-4-8-16(14)17/h3-13,21H,1-2H3. The molecule has 0 spiro atoms. The van der Waals surface area contributed by atoms with E-state index in [9.17, 15) is 4.39 Å². The fourth-order valence-electron chi connectivity index (χ4n) is 2.65. The molecule has 1 N–H and O–H groups in total. The normalized spacial score (nSPS) is 12.5. The Hall–Kier alpha value is -2.19. The van der Waals surface area contributed by atoms with Crippen LogP contribution in [0.2, 0.25) is 0 Å². The lowest BCUT2D eigenvalue weighted by atomic mass is 9.95. The monoisotopic (exact) mass is 279 g/mol. The lowest BCUT2D eigenvalue weighted by molar-refractivity contribution is 0.622. The molecule has 0 radical (unpaired) electrons. The van der Waals surface area contributed by atoms with E-state index < -0.39 is 0 Å². The Kier molecular flexibility index (Phi) is 3.72. The van der Waals surface area contributed by atoms with Crippen molar-refractivity contribution >= 4 is 10.8 Å². The van der Waals surface area contributed by atoms with Gasteiger partial charge in [0.05, 0.1) is 0 Å². The van der Waals surface area contributed by atoms with Crippen LogP contribution in [-0.4, -0.2) is 7.05 Å². The van der Waals surface area contributed by atoms with E-state index in [1.165, 1.54) is 0 Å². The molecule has 0 saturated heterocycles. The fourth-order valence-corrected chi connectivity index (χ4v) is 2.65. The Morgan fingerprint density at radius 1 is 0.905 bits per heavy atom. The van der Waals surface area contributed by atoms with Gasteiger partial charge in [0.15, 0.2) is 0 Å². The highest BCUT2D eigenvalue weighted by molar-refractivity contribution is 5.96. The van der Waals surface area contributed by atoms with Crippen molar-refractivity contribution in [2.45, 2.75) is 13.0 Å². The average Bonchev–Trinajstić information content (AvgIpc) is 2.54. The van der Waals surface area contributed by atoms with Gasteiger partial charge in [0.2, 0.25) is 0 Å². The summed E-state index contributed by atoms with van der Waals surface area (Å²) in [6.45, 7) is 2.07. The third kappa shape index (κ3) is 2.55. The smallest absolute Gasteiger partial charge is 0.131 e. The highest BCUT2D eigenvalue weighted by atomic mass is 19.1. The van der Waals surface area contributed by atoms with E-state index in [1.54, 1.807) is 6.07 Å². The maximum atomic E-state index is 14.3. The van der Waals surface area contributed by atoms with E-state index in [0.29, 0.717) is 5.56 Å². The molecule has 2 heteroatoms. The van der Waals surface area contributed by atoms with E-state index in [0.717, 1.165) is 21.9 Å². The van der Waals surface area contributed by atoms with Crippen LogP contribution in [0.15, 0.2) is 60.7 Å². The third-order valence-corrected chi connectivity index (χ3v) is 4.00. The van der Waals surface area contributed by atoms with E-state index in [4.69, 9.17) is 0 Å². The summed E-state index contributed by atoms with van der Waals surface area (Å²) in [4.78, 5) is 0. The minimum absolute atomic E-state index is 0.182. The molecule has 0 heterocycles. The Balaban J connectivity index is 2.23. The second-order valence-electron chi connectivity index (χ2n) is 5.28. The third-order valence-electron chi connectivity index (χ3n) is 4.00. The average molecular weight is 279 g/mol. The molecule has 3 aromatic carbocycles. The van der Waals surface area contributed by atoms with Crippen LogP contribution in [0.3, 0.4) is 0 Å². The zero-order chi connectivity index (χ0) is 14.8. The van der Waals surface area contributed by atoms with Crippen LogP contribution < -0.4 is 5.32 Å².